The molecule has 3 aromatic rings. The van der Waals surface area contributed by atoms with E-state index in [-0.39, 0.29) is 23.8 Å². The molecule has 1 saturated heterocycles. The molecule has 1 aliphatic rings. The second-order valence-corrected chi connectivity index (χ2v) is 8.73. The van der Waals surface area contributed by atoms with Crippen molar-refractivity contribution in [2.75, 3.05) is 34.4 Å². The van der Waals surface area contributed by atoms with Gasteiger partial charge in [-0.15, -0.1) is 5.10 Å². The zero-order valence-corrected chi connectivity index (χ0v) is 19.5. The number of piperidine rings is 1. The van der Waals surface area contributed by atoms with Crippen LogP contribution in [0.4, 0.5) is 0 Å². The van der Waals surface area contributed by atoms with Gasteiger partial charge in [0.05, 0.1) is 38.2 Å². The number of hydrogen-bond donors (Lipinski definition) is 1. The van der Waals surface area contributed by atoms with E-state index in [4.69, 9.17) is 14.2 Å². The zero-order valence-electron chi connectivity index (χ0n) is 18.7. The lowest BCUT2D eigenvalue weighted by molar-refractivity contribution is -0.147. The largest absolute Gasteiger partial charge is 0.493 e. The Hall–Kier alpha value is -2.85. The summed E-state index contributed by atoms with van der Waals surface area (Å²) in [6.07, 6.45) is 2.08. The number of benzene rings is 1. The van der Waals surface area contributed by atoms with Crippen LogP contribution in [0.2, 0.25) is 0 Å². The van der Waals surface area contributed by atoms with Crippen LogP contribution in [0, 0.1) is 5.92 Å². The number of carbonyl (C=O) groups is 1. The fraction of sp³-hybridized carbons (Fsp3) is 0.500. The third-order valence-corrected chi connectivity index (χ3v) is 7.03. The Bertz CT molecular complexity index is 1100. The third-order valence-electron chi connectivity index (χ3n) is 5.96. The topological polar surface area (TPSA) is 98.4 Å². The number of carbonyl (C=O) groups excluding carboxylic acids is 1. The predicted octanol–water partition coefficient (Wildman–Crippen LogP) is 3.05. The first-order valence-corrected chi connectivity index (χ1v) is 11.4. The van der Waals surface area contributed by atoms with E-state index >= 15 is 0 Å². The van der Waals surface area contributed by atoms with Crippen LogP contribution in [0.25, 0.3) is 4.96 Å². The maximum absolute atomic E-state index is 12.0. The Balaban J connectivity index is 1.75. The van der Waals surface area contributed by atoms with Crippen molar-refractivity contribution in [2.24, 2.45) is 5.92 Å². The van der Waals surface area contributed by atoms with Gasteiger partial charge in [0, 0.05) is 6.42 Å². The van der Waals surface area contributed by atoms with Crippen molar-refractivity contribution in [3.05, 3.63) is 34.5 Å². The Kier molecular flexibility index (Phi) is 6.52. The van der Waals surface area contributed by atoms with E-state index in [2.05, 4.69) is 15.0 Å². The molecular weight excluding hydrogens is 432 g/mol. The van der Waals surface area contributed by atoms with Gasteiger partial charge in [0.1, 0.15) is 0 Å². The van der Waals surface area contributed by atoms with E-state index in [0.29, 0.717) is 54.6 Å². The first-order valence-electron chi connectivity index (χ1n) is 10.6. The summed E-state index contributed by atoms with van der Waals surface area (Å²) in [5, 5.41) is 15.5. The molecule has 0 radical (unpaired) electrons. The van der Waals surface area contributed by atoms with Crippen LogP contribution in [0.15, 0.2) is 18.2 Å². The van der Waals surface area contributed by atoms with Crippen LogP contribution in [-0.4, -0.2) is 65.0 Å². The number of nitrogens with zero attached hydrogens (tertiary/aromatic N) is 4. The highest BCUT2D eigenvalue weighted by atomic mass is 32.1. The predicted molar refractivity (Wildman–Crippen MR) is 120 cm³/mol. The molecule has 0 aliphatic carbocycles. The summed E-state index contributed by atoms with van der Waals surface area (Å²) >= 11 is 1.43. The van der Waals surface area contributed by atoms with Crippen molar-refractivity contribution in [3.8, 4) is 17.4 Å². The fourth-order valence-electron chi connectivity index (χ4n) is 4.23. The summed E-state index contributed by atoms with van der Waals surface area (Å²) in [7, 11) is 4.63. The number of hydrogen-bond acceptors (Lipinski definition) is 9. The number of aromatic hydroxyl groups is 1. The Morgan fingerprint density at radius 2 is 1.94 bits per heavy atom. The standard InChI is InChI=1S/C22H28N4O5S/c1-5-17-23-22-26(24-17)20(27)19(32-22)18(14-6-7-15(29-2)16(12-14)30-3)25-10-8-13(9-11-25)21(28)31-4/h6-7,12-13,18,27H,5,8-11H2,1-4H3. The molecular formula is C22H28N4O5S. The Morgan fingerprint density at radius 3 is 2.53 bits per heavy atom. The van der Waals surface area contributed by atoms with Crippen molar-refractivity contribution in [1.29, 1.82) is 0 Å². The molecule has 2 aromatic heterocycles. The number of ether oxygens (including phenoxy) is 3. The van der Waals surface area contributed by atoms with E-state index in [1.807, 2.05) is 25.1 Å². The average molecular weight is 461 g/mol. The van der Waals surface area contributed by atoms with E-state index in [0.717, 1.165) is 10.4 Å². The van der Waals surface area contributed by atoms with Gasteiger partial charge in [-0.3, -0.25) is 9.69 Å². The summed E-state index contributed by atoms with van der Waals surface area (Å²) in [5.74, 6) is 1.77. The molecule has 1 aliphatic heterocycles. The van der Waals surface area contributed by atoms with Crippen molar-refractivity contribution in [1.82, 2.24) is 19.5 Å². The van der Waals surface area contributed by atoms with Gasteiger partial charge in [0.25, 0.3) is 0 Å². The minimum atomic E-state index is -0.244. The van der Waals surface area contributed by atoms with Gasteiger partial charge < -0.3 is 19.3 Å². The number of fused-ring (bicyclic) bond motifs is 1. The number of thiazole rings is 1. The maximum atomic E-state index is 12.0. The molecule has 1 atom stereocenters. The van der Waals surface area contributed by atoms with Crippen LogP contribution < -0.4 is 9.47 Å². The summed E-state index contributed by atoms with van der Waals surface area (Å²) in [6.45, 7) is 3.35. The van der Waals surface area contributed by atoms with Crippen molar-refractivity contribution >= 4 is 22.3 Å². The Labute approximate surface area is 190 Å². The molecule has 0 bridgehead atoms. The number of rotatable bonds is 7. The maximum Gasteiger partial charge on any atom is 0.308 e. The van der Waals surface area contributed by atoms with Gasteiger partial charge in [-0.25, -0.2) is 4.98 Å². The van der Waals surface area contributed by atoms with Crippen LogP contribution in [0.5, 0.6) is 17.4 Å². The molecule has 1 N–H and O–H groups in total. The molecule has 0 saturated carbocycles. The molecule has 9 nitrogen and oxygen atoms in total. The van der Waals surface area contributed by atoms with Gasteiger partial charge in [-0.2, -0.15) is 4.52 Å². The average Bonchev–Trinajstić information content (AvgIpc) is 3.38. The van der Waals surface area contributed by atoms with Gasteiger partial charge in [0.2, 0.25) is 10.8 Å². The minimum absolute atomic E-state index is 0.0899. The highest BCUT2D eigenvalue weighted by Crippen LogP contribution is 2.43. The van der Waals surface area contributed by atoms with Crippen LogP contribution in [-0.2, 0) is 16.0 Å². The lowest BCUT2D eigenvalue weighted by Crippen LogP contribution is -2.39. The number of methoxy groups -OCH3 is 3. The number of aromatic nitrogens is 3. The lowest BCUT2D eigenvalue weighted by Gasteiger charge is -2.36. The van der Waals surface area contributed by atoms with Crippen molar-refractivity contribution in [3.63, 3.8) is 0 Å². The van der Waals surface area contributed by atoms with E-state index in [1.54, 1.807) is 14.2 Å². The summed E-state index contributed by atoms with van der Waals surface area (Å²) in [6, 6.07) is 5.53. The van der Waals surface area contributed by atoms with Crippen LogP contribution in [0.3, 0.4) is 0 Å². The molecule has 172 valence electrons. The van der Waals surface area contributed by atoms with E-state index < -0.39 is 0 Å². The second-order valence-electron chi connectivity index (χ2n) is 7.72. The van der Waals surface area contributed by atoms with Crippen LogP contribution in [0.1, 0.15) is 42.1 Å². The molecule has 1 fully saturated rings. The first kappa shape index (κ1) is 22.3. The normalized spacial score (nSPS) is 16.2. The Morgan fingerprint density at radius 1 is 1.22 bits per heavy atom. The fourth-order valence-corrected chi connectivity index (χ4v) is 5.37. The second kappa shape index (κ2) is 9.33. The van der Waals surface area contributed by atoms with Crippen molar-refractivity contribution in [2.45, 2.75) is 32.2 Å². The smallest absolute Gasteiger partial charge is 0.308 e. The summed E-state index contributed by atoms with van der Waals surface area (Å²) in [5.41, 5.74) is 0.953. The third kappa shape index (κ3) is 4.00. The number of esters is 1. The molecule has 0 amide bonds. The summed E-state index contributed by atoms with van der Waals surface area (Å²) < 4.78 is 17.4. The molecule has 3 heterocycles. The van der Waals surface area contributed by atoms with E-state index in [9.17, 15) is 9.90 Å². The quantitative estimate of drug-likeness (QED) is 0.537. The van der Waals surface area contributed by atoms with Gasteiger partial charge in [-0.1, -0.05) is 24.3 Å². The monoisotopic (exact) mass is 460 g/mol. The molecule has 4 rings (SSSR count). The van der Waals surface area contributed by atoms with Gasteiger partial charge in [0.15, 0.2) is 17.3 Å². The zero-order chi connectivity index (χ0) is 22.8. The van der Waals surface area contributed by atoms with Gasteiger partial charge >= 0.3 is 5.97 Å². The molecule has 32 heavy (non-hydrogen) atoms. The minimum Gasteiger partial charge on any atom is -0.493 e. The highest BCUT2D eigenvalue weighted by Gasteiger charge is 2.34. The number of aryl methyl sites for hydroxylation is 1. The SMILES string of the molecule is CCc1nc2sc(C(c3ccc(OC)c(OC)c3)N3CCC(C(=O)OC)CC3)c(O)n2n1. The molecule has 10 heteroatoms. The van der Waals surface area contributed by atoms with Crippen LogP contribution >= 0.6 is 11.3 Å². The number of likely N-dealkylation sites (tertiary alicyclic amines) is 1. The lowest BCUT2D eigenvalue weighted by atomic mass is 9.93. The molecule has 1 unspecified atom stereocenters. The van der Waals surface area contributed by atoms with E-state index in [1.165, 1.54) is 23.0 Å². The highest BCUT2D eigenvalue weighted by molar-refractivity contribution is 7.17. The first-order chi connectivity index (χ1) is 15.5. The summed E-state index contributed by atoms with van der Waals surface area (Å²) in [4.78, 5) is 20.2. The van der Waals surface area contributed by atoms with Crippen molar-refractivity contribution < 1.29 is 24.1 Å². The molecule has 1 aromatic carbocycles. The van der Waals surface area contributed by atoms with Gasteiger partial charge in [-0.05, 0) is 43.6 Å². The molecule has 0 spiro atoms.